The summed E-state index contributed by atoms with van der Waals surface area (Å²) in [6.45, 7) is 4.06. The number of rotatable bonds is 2. The normalized spacial score (nSPS) is 16.3. The van der Waals surface area contributed by atoms with Crippen LogP contribution in [0.2, 0.25) is 0 Å². The van der Waals surface area contributed by atoms with Crippen molar-refractivity contribution in [2.75, 3.05) is 5.32 Å². The molecule has 1 heterocycles. The fourth-order valence-corrected chi connectivity index (χ4v) is 2.76. The Morgan fingerprint density at radius 3 is 2.61 bits per heavy atom. The maximum absolute atomic E-state index is 5.34. The molecule has 0 spiro atoms. The second-order valence-electron chi connectivity index (χ2n) is 5.10. The molecule has 0 aliphatic heterocycles. The van der Waals surface area contributed by atoms with Gasteiger partial charge in [-0.25, -0.2) is 4.98 Å². The molecule has 1 aromatic heterocycles. The smallest absolute Gasteiger partial charge is 0.172 e. The monoisotopic (exact) mass is 263 g/mol. The first-order valence-electron chi connectivity index (χ1n) is 6.66. The van der Waals surface area contributed by atoms with Crippen LogP contribution < -0.4 is 10.6 Å². The Bertz CT molecular complexity index is 405. The highest BCUT2D eigenvalue weighted by Gasteiger charge is 2.14. The van der Waals surface area contributed by atoms with Crippen LogP contribution in [-0.4, -0.2) is 16.1 Å². The summed E-state index contributed by atoms with van der Waals surface area (Å²) in [5, 5.41) is 7.26. The molecule has 0 unspecified atom stereocenters. The summed E-state index contributed by atoms with van der Waals surface area (Å²) in [6, 6.07) is 4.61. The third-order valence-electron chi connectivity index (χ3n) is 3.28. The Morgan fingerprint density at radius 2 is 1.94 bits per heavy atom. The summed E-state index contributed by atoms with van der Waals surface area (Å²) >= 11 is 5.34. The number of thiocarbonyl (C=S) groups is 1. The van der Waals surface area contributed by atoms with Gasteiger partial charge in [0.25, 0.3) is 0 Å². The summed E-state index contributed by atoms with van der Waals surface area (Å²) in [6.07, 6.45) is 6.42. The second kappa shape index (κ2) is 6.14. The van der Waals surface area contributed by atoms with E-state index in [1.54, 1.807) is 0 Å². The Morgan fingerprint density at radius 1 is 1.22 bits per heavy atom. The van der Waals surface area contributed by atoms with Crippen molar-refractivity contribution in [3.05, 3.63) is 23.4 Å². The lowest BCUT2D eigenvalue weighted by Crippen LogP contribution is -2.39. The van der Waals surface area contributed by atoms with Gasteiger partial charge in [0.2, 0.25) is 0 Å². The quantitative estimate of drug-likeness (QED) is 0.803. The van der Waals surface area contributed by atoms with Crippen LogP contribution in [0.5, 0.6) is 0 Å². The first-order chi connectivity index (χ1) is 8.63. The molecule has 1 aliphatic carbocycles. The van der Waals surface area contributed by atoms with Crippen molar-refractivity contribution in [1.29, 1.82) is 0 Å². The molecule has 98 valence electrons. The third kappa shape index (κ3) is 3.95. The molecule has 1 saturated carbocycles. The van der Waals surface area contributed by atoms with E-state index in [0.29, 0.717) is 11.2 Å². The summed E-state index contributed by atoms with van der Waals surface area (Å²) in [7, 11) is 0. The number of aryl methyl sites for hydroxylation is 2. The van der Waals surface area contributed by atoms with E-state index in [-0.39, 0.29) is 0 Å². The maximum atomic E-state index is 5.34. The average Bonchev–Trinajstić information content (AvgIpc) is 2.28. The van der Waals surface area contributed by atoms with Crippen LogP contribution in [0.1, 0.15) is 43.4 Å². The van der Waals surface area contributed by atoms with E-state index in [1.165, 1.54) is 37.7 Å². The number of pyridine rings is 1. The highest BCUT2D eigenvalue weighted by atomic mass is 32.1. The highest BCUT2D eigenvalue weighted by Crippen LogP contribution is 2.17. The number of nitrogens with one attached hydrogen (secondary N) is 2. The van der Waals surface area contributed by atoms with Gasteiger partial charge >= 0.3 is 0 Å². The first-order valence-corrected chi connectivity index (χ1v) is 7.07. The lowest BCUT2D eigenvalue weighted by molar-refractivity contribution is 0.415. The zero-order chi connectivity index (χ0) is 13.0. The molecule has 2 N–H and O–H groups in total. The molecule has 3 nitrogen and oxygen atoms in total. The summed E-state index contributed by atoms with van der Waals surface area (Å²) in [5.41, 5.74) is 2.21. The van der Waals surface area contributed by atoms with Gasteiger partial charge in [-0.1, -0.05) is 19.3 Å². The predicted molar refractivity (Wildman–Crippen MR) is 79.9 cm³/mol. The average molecular weight is 263 g/mol. The van der Waals surface area contributed by atoms with E-state index in [0.717, 1.165) is 11.5 Å². The van der Waals surface area contributed by atoms with Crippen molar-refractivity contribution < 1.29 is 0 Å². The Labute approximate surface area is 114 Å². The van der Waals surface area contributed by atoms with Gasteiger partial charge in [-0.3, -0.25) is 0 Å². The van der Waals surface area contributed by atoms with Gasteiger partial charge in [-0.2, -0.15) is 0 Å². The van der Waals surface area contributed by atoms with Gasteiger partial charge in [0.15, 0.2) is 5.11 Å². The SMILES string of the molecule is Cc1cc(C)nc(NC(=S)NC2CCCCC2)c1. The Balaban J connectivity index is 1.89. The molecule has 1 fully saturated rings. The molecule has 0 bridgehead atoms. The number of nitrogens with zero attached hydrogens (tertiary/aromatic N) is 1. The van der Waals surface area contributed by atoms with Crippen molar-refractivity contribution in [3.8, 4) is 0 Å². The molecule has 0 aromatic carbocycles. The van der Waals surface area contributed by atoms with Gasteiger partial charge in [-0.05, 0) is 56.6 Å². The van der Waals surface area contributed by atoms with Crippen molar-refractivity contribution in [2.45, 2.75) is 52.0 Å². The van der Waals surface area contributed by atoms with Crippen molar-refractivity contribution in [2.24, 2.45) is 0 Å². The molecule has 0 saturated heterocycles. The molecule has 1 aliphatic rings. The molecule has 0 atom stereocenters. The molecule has 18 heavy (non-hydrogen) atoms. The predicted octanol–water partition coefficient (Wildman–Crippen LogP) is 3.32. The van der Waals surface area contributed by atoms with Crippen LogP contribution in [0.25, 0.3) is 0 Å². The minimum absolute atomic E-state index is 0.532. The van der Waals surface area contributed by atoms with E-state index in [1.807, 2.05) is 13.0 Å². The van der Waals surface area contributed by atoms with Crippen LogP contribution in [0.3, 0.4) is 0 Å². The van der Waals surface area contributed by atoms with E-state index < -0.39 is 0 Å². The largest absolute Gasteiger partial charge is 0.360 e. The Hall–Kier alpha value is -1.16. The fraction of sp³-hybridized carbons (Fsp3) is 0.571. The highest BCUT2D eigenvalue weighted by molar-refractivity contribution is 7.80. The van der Waals surface area contributed by atoms with E-state index in [2.05, 4.69) is 28.6 Å². The minimum atomic E-state index is 0.532. The van der Waals surface area contributed by atoms with Crippen molar-refractivity contribution >= 4 is 23.1 Å². The van der Waals surface area contributed by atoms with Crippen molar-refractivity contribution in [3.63, 3.8) is 0 Å². The second-order valence-corrected chi connectivity index (χ2v) is 5.51. The molecule has 1 aromatic rings. The van der Waals surface area contributed by atoms with Gasteiger partial charge in [0, 0.05) is 11.7 Å². The lowest BCUT2D eigenvalue weighted by atomic mass is 9.96. The topological polar surface area (TPSA) is 37.0 Å². The number of hydrogen-bond donors (Lipinski definition) is 2. The van der Waals surface area contributed by atoms with Gasteiger partial charge < -0.3 is 10.6 Å². The zero-order valence-electron chi connectivity index (χ0n) is 11.1. The Kier molecular flexibility index (Phi) is 4.53. The fourth-order valence-electron chi connectivity index (χ4n) is 2.49. The van der Waals surface area contributed by atoms with Crippen LogP contribution in [0, 0.1) is 13.8 Å². The molecule has 4 heteroatoms. The molecule has 0 amide bonds. The van der Waals surface area contributed by atoms with E-state index in [4.69, 9.17) is 12.2 Å². The van der Waals surface area contributed by atoms with Crippen LogP contribution in [0.15, 0.2) is 12.1 Å². The van der Waals surface area contributed by atoms with E-state index in [9.17, 15) is 0 Å². The van der Waals surface area contributed by atoms with Gasteiger partial charge in [-0.15, -0.1) is 0 Å². The molecular formula is C14H21N3S. The maximum Gasteiger partial charge on any atom is 0.172 e. The summed E-state index contributed by atoms with van der Waals surface area (Å²) in [4.78, 5) is 4.43. The van der Waals surface area contributed by atoms with Crippen molar-refractivity contribution in [1.82, 2.24) is 10.3 Å². The first kappa shape index (κ1) is 13.3. The lowest BCUT2D eigenvalue weighted by Gasteiger charge is -2.24. The van der Waals surface area contributed by atoms with Gasteiger partial charge in [0.1, 0.15) is 5.82 Å². The van der Waals surface area contributed by atoms with E-state index >= 15 is 0 Å². The molecule has 0 radical (unpaired) electrons. The molecule has 2 rings (SSSR count). The van der Waals surface area contributed by atoms with Gasteiger partial charge in [0.05, 0.1) is 0 Å². The molecular weight excluding hydrogens is 242 g/mol. The van der Waals surface area contributed by atoms with Crippen LogP contribution in [0.4, 0.5) is 5.82 Å². The number of hydrogen-bond acceptors (Lipinski definition) is 2. The number of aromatic nitrogens is 1. The summed E-state index contributed by atoms with van der Waals surface area (Å²) in [5.74, 6) is 0.834. The number of anilines is 1. The van der Waals surface area contributed by atoms with Crippen LogP contribution in [-0.2, 0) is 0 Å². The standard InChI is InChI=1S/C14H21N3S/c1-10-8-11(2)15-13(9-10)17-14(18)16-12-6-4-3-5-7-12/h8-9,12H,3-7H2,1-2H3,(H2,15,16,17,18). The third-order valence-corrected chi connectivity index (χ3v) is 3.50. The zero-order valence-corrected chi connectivity index (χ0v) is 11.9. The summed E-state index contributed by atoms with van der Waals surface area (Å²) < 4.78 is 0. The van der Waals surface area contributed by atoms with Crippen LogP contribution >= 0.6 is 12.2 Å². The minimum Gasteiger partial charge on any atom is -0.360 e.